The van der Waals surface area contributed by atoms with Gasteiger partial charge in [-0.1, -0.05) is 0 Å². The summed E-state index contributed by atoms with van der Waals surface area (Å²) in [5.41, 5.74) is 5.71. The first-order chi connectivity index (χ1) is 8.75. The van der Waals surface area contributed by atoms with Crippen LogP contribution in [-0.2, 0) is 0 Å². The Balaban J connectivity index is 1.72. The van der Waals surface area contributed by atoms with Crippen molar-refractivity contribution in [2.24, 2.45) is 0 Å². The van der Waals surface area contributed by atoms with E-state index in [9.17, 15) is 4.79 Å². The van der Waals surface area contributed by atoms with Gasteiger partial charge in [-0.3, -0.25) is 9.69 Å². The predicted octanol–water partition coefficient (Wildman–Crippen LogP) is -0.163. The van der Waals surface area contributed by atoms with Gasteiger partial charge in [0.15, 0.2) is 0 Å². The first-order valence-electron chi connectivity index (χ1n) is 5.91. The number of nitrogens with one attached hydrogen (secondary N) is 1. The fourth-order valence-electron chi connectivity index (χ4n) is 1.70. The first-order valence-corrected chi connectivity index (χ1v) is 7.07. The van der Waals surface area contributed by atoms with Crippen LogP contribution in [0.25, 0.3) is 0 Å². The highest BCUT2D eigenvalue weighted by Crippen LogP contribution is 2.07. The van der Waals surface area contributed by atoms with Crippen LogP contribution in [0.4, 0.5) is 5.82 Å². The first kappa shape index (κ1) is 13.1. The van der Waals surface area contributed by atoms with Crippen LogP contribution in [0, 0.1) is 0 Å². The molecule has 0 unspecified atom stereocenters. The molecule has 6 nitrogen and oxygen atoms in total. The lowest BCUT2D eigenvalue weighted by molar-refractivity contribution is 0.0943. The molecule has 18 heavy (non-hydrogen) atoms. The van der Waals surface area contributed by atoms with Gasteiger partial charge < -0.3 is 11.1 Å². The molecule has 0 saturated carbocycles. The maximum absolute atomic E-state index is 11.7. The number of nitrogens with zero attached hydrogens (tertiary/aromatic N) is 3. The molecule has 1 aliphatic heterocycles. The second kappa shape index (κ2) is 6.55. The van der Waals surface area contributed by atoms with E-state index < -0.39 is 0 Å². The molecule has 0 aromatic carbocycles. The molecule has 3 N–H and O–H groups in total. The van der Waals surface area contributed by atoms with E-state index in [-0.39, 0.29) is 5.91 Å². The average Bonchev–Trinajstić information content (AvgIpc) is 2.40. The lowest BCUT2D eigenvalue weighted by Gasteiger charge is -2.25. The van der Waals surface area contributed by atoms with E-state index in [4.69, 9.17) is 5.73 Å². The summed E-state index contributed by atoms with van der Waals surface area (Å²) in [6, 6.07) is 0. The fraction of sp³-hybridized carbons (Fsp3) is 0.545. The van der Waals surface area contributed by atoms with Gasteiger partial charge in [0.1, 0.15) is 11.5 Å². The third-order valence-electron chi connectivity index (χ3n) is 2.72. The van der Waals surface area contributed by atoms with E-state index in [0.717, 1.165) is 19.6 Å². The van der Waals surface area contributed by atoms with Crippen molar-refractivity contribution in [3.05, 3.63) is 18.1 Å². The Hall–Kier alpha value is -1.34. The molecule has 2 rings (SSSR count). The van der Waals surface area contributed by atoms with Crippen molar-refractivity contribution in [3.8, 4) is 0 Å². The number of aromatic nitrogens is 2. The molecular weight excluding hydrogens is 250 g/mol. The van der Waals surface area contributed by atoms with Gasteiger partial charge in [-0.25, -0.2) is 9.97 Å². The summed E-state index contributed by atoms with van der Waals surface area (Å²) in [4.78, 5) is 21.8. The third kappa shape index (κ3) is 3.85. The van der Waals surface area contributed by atoms with E-state index in [0.29, 0.717) is 18.1 Å². The van der Waals surface area contributed by atoms with Crippen molar-refractivity contribution in [2.45, 2.75) is 0 Å². The molecule has 0 spiro atoms. The number of nitrogen functional groups attached to an aromatic ring is 1. The van der Waals surface area contributed by atoms with Crippen molar-refractivity contribution in [2.75, 3.05) is 43.4 Å². The van der Waals surface area contributed by atoms with Gasteiger partial charge in [-0.05, 0) is 0 Å². The van der Waals surface area contributed by atoms with Gasteiger partial charge in [0.25, 0.3) is 5.91 Å². The normalized spacial score (nSPS) is 16.4. The summed E-state index contributed by atoms with van der Waals surface area (Å²) in [6.07, 6.45) is 2.78. The van der Waals surface area contributed by atoms with E-state index in [2.05, 4.69) is 20.2 Å². The highest BCUT2D eigenvalue weighted by molar-refractivity contribution is 7.99. The van der Waals surface area contributed by atoms with Crippen molar-refractivity contribution < 1.29 is 4.79 Å². The topological polar surface area (TPSA) is 84.1 Å². The number of hydrogen-bond donors (Lipinski definition) is 2. The minimum absolute atomic E-state index is 0.200. The molecule has 1 fully saturated rings. The number of anilines is 1. The molecule has 0 bridgehead atoms. The quantitative estimate of drug-likeness (QED) is 0.788. The van der Waals surface area contributed by atoms with E-state index in [1.54, 1.807) is 0 Å². The summed E-state index contributed by atoms with van der Waals surface area (Å²) in [5.74, 6) is 2.47. The van der Waals surface area contributed by atoms with Crippen LogP contribution in [-0.4, -0.2) is 58.5 Å². The second-order valence-electron chi connectivity index (χ2n) is 4.04. The highest BCUT2D eigenvalue weighted by atomic mass is 32.2. The lowest BCUT2D eigenvalue weighted by Crippen LogP contribution is -2.39. The molecule has 2 heterocycles. The second-order valence-corrected chi connectivity index (χ2v) is 5.26. The summed E-state index contributed by atoms with van der Waals surface area (Å²) in [5, 5.41) is 2.83. The Morgan fingerprint density at radius 2 is 2.17 bits per heavy atom. The maximum Gasteiger partial charge on any atom is 0.271 e. The molecule has 7 heteroatoms. The van der Waals surface area contributed by atoms with E-state index >= 15 is 0 Å². The van der Waals surface area contributed by atoms with Crippen LogP contribution in [0.15, 0.2) is 12.4 Å². The van der Waals surface area contributed by atoms with Crippen LogP contribution in [0.1, 0.15) is 10.5 Å². The summed E-state index contributed by atoms with van der Waals surface area (Å²) in [7, 11) is 0. The molecule has 0 atom stereocenters. The predicted molar refractivity (Wildman–Crippen MR) is 72.5 cm³/mol. The number of rotatable bonds is 4. The zero-order valence-corrected chi connectivity index (χ0v) is 10.9. The SMILES string of the molecule is Nc1cnc(C(=O)NCCN2CCSCC2)cn1. The number of amides is 1. The zero-order chi connectivity index (χ0) is 12.8. The molecule has 1 aromatic rings. The molecular formula is C11H17N5OS. The molecule has 0 aliphatic carbocycles. The van der Waals surface area contributed by atoms with Crippen molar-refractivity contribution >= 4 is 23.5 Å². The minimum atomic E-state index is -0.200. The van der Waals surface area contributed by atoms with Crippen LogP contribution in [0.2, 0.25) is 0 Å². The fourth-order valence-corrected chi connectivity index (χ4v) is 2.68. The van der Waals surface area contributed by atoms with Crippen molar-refractivity contribution in [1.82, 2.24) is 20.2 Å². The monoisotopic (exact) mass is 267 g/mol. The Morgan fingerprint density at radius 1 is 1.39 bits per heavy atom. The highest BCUT2D eigenvalue weighted by Gasteiger charge is 2.11. The minimum Gasteiger partial charge on any atom is -0.382 e. The van der Waals surface area contributed by atoms with Crippen molar-refractivity contribution in [3.63, 3.8) is 0 Å². The van der Waals surface area contributed by atoms with Crippen LogP contribution in [0.3, 0.4) is 0 Å². The van der Waals surface area contributed by atoms with Crippen LogP contribution >= 0.6 is 11.8 Å². The average molecular weight is 267 g/mol. The van der Waals surface area contributed by atoms with Gasteiger partial charge in [0.2, 0.25) is 0 Å². The Morgan fingerprint density at radius 3 is 2.83 bits per heavy atom. The Bertz CT molecular complexity index is 391. The molecule has 1 aliphatic rings. The summed E-state index contributed by atoms with van der Waals surface area (Å²) >= 11 is 1.98. The molecule has 98 valence electrons. The Kier molecular flexibility index (Phi) is 4.77. The standard InChI is InChI=1S/C11H17N5OS/c12-10-8-14-9(7-15-10)11(17)13-1-2-16-3-5-18-6-4-16/h7-8H,1-6H2,(H2,12,15)(H,13,17). The van der Waals surface area contributed by atoms with E-state index in [1.165, 1.54) is 23.9 Å². The summed E-state index contributed by atoms with van der Waals surface area (Å²) in [6.45, 7) is 3.72. The van der Waals surface area contributed by atoms with Crippen molar-refractivity contribution in [1.29, 1.82) is 0 Å². The third-order valence-corrected chi connectivity index (χ3v) is 3.66. The number of thioether (sulfide) groups is 1. The maximum atomic E-state index is 11.7. The number of carbonyl (C=O) groups excluding carboxylic acids is 1. The molecule has 1 saturated heterocycles. The smallest absolute Gasteiger partial charge is 0.271 e. The van der Waals surface area contributed by atoms with Crippen LogP contribution in [0.5, 0.6) is 0 Å². The van der Waals surface area contributed by atoms with Crippen LogP contribution < -0.4 is 11.1 Å². The lowest BCUT2D eigenvalue weighted by atomic mass is 10.4. The zero-order valence-electron chi connectivity index (χ0n) is 10.1. The summed E-state index contributed by atoms with van der Waals surface area (Å²) < 4.78 is 0. The van der Waals surface area contributed by atoms with E-state index in [1.807, 2.05) is 11.8 Å². The molecule has 1 aromatic heterocycles. The van der Waals surface area contributed by atoms with Gasteiger partial charge in [-0.15, -0.1) is 0 Å². The van der Waals surface area contributed by atoms with Gasteiger partial charge in [-0.2, -0.15) is 11.8 Å². The number of hydrogen-bond acceptors (Lipinski definition) is 6. The molecule has 0 radical (unpaired) electrons. The number of carbonyl (C=O) groups is 1. The van der Waals surface area contributed by atoms with Gasteiger partial charge in [0, 0.05) is 37.7 Å². The Labute approximate surface area is 110 Å². The van der Waals surface area contributed by atoms with Gasteiger partial charge >= 0.3 is 0 Å². The largest absolute Gasteiger partial charge is 0.382 e. The molecule has 1 amide bonds. The number of nitrogens with two attached hydrogens (primary N) is 1. The van der Waals surface area contributed by atoms with Gasteiger partial charge in [0.05, 0.1) is 12.4 Å².